The lowest BCUT2D eigenvalue weighted by Crippen LogP contribution is -2.56. The van der Waals surface area contributed by atoms with Gasteiger partial charge in [0, 0.05) is 20.2 Å². The molecule has 20 heavy (non-hydrogen) atoms. The lowest BCUT2D eigenvalue weighted by atomic mass is 9.91. The summed E-state index contributed by atoms with van der Waals surface area (Å²) < 4.78 is 5.02. The van der Waals surface area contributed by atoms with Crippen LogP contribution in [-0.4, -0.2) is 54.4 Å². The lowest BCUT2D eigenvalue weighted by molar-refractivity contribution is -0.148. The zero-order valence-electron chi connectivity index (χ0n) is 12.6. The molecule has 2 N–H and O–H groups in total. The van der Waals surface area contributed by atoms with Crippen molar-refractivity contribution in [2.75, 3.05) is 26.8 Å². The van der Waals surface area contributed by atoms with Crippen LogP contribution in [0.25, 0.3) is 0 Å². The Morgan fingerprint density at radius 1 is 1.50 bits per heavy atom. The number of hydrogen-bond donors (Lipinski definition) is 2. The summed E-state index contributed by atoms with van der Waals surface area (Å²) in [7, 11) is 1.62. The molecule has 0 aromatic carbocycles. The zero-order chi connectivity index (χ0) is 15.2. The van der Waals surface area contributed by atoms with E-state index in [4.69, 9.17) is 4.74 Å². The van der Waals surface area contributed by atoms with Gasteiger partial charge in [0.25, 0.3) is 0 Å². The van der Waals surface area contributed by atoms with E-state index in [1.165, 1.54) is 4.90 Å². The van der Waals surface area contributed by atoms with Gasteiger partial charge in [-0.05, 0) is 25.2 Å². The summed E-state index contributed by atoms with van der Waals surface area (Å²) in [5, 5.41) is 12.4. The highest BCUT2D eigenvalue weighted by Crippen LogP contribution is 2.34. The molecule has 1 saturated heterocycles. The third-order valence-corrected chi connectivity index (χ3v) is 3.85. The summed E-state index contributed by atoms with van der Waals surface area (Å²) in [5.74, 6) is -0.686. The normalized spacial score (nSPS) is 23.6. The maximum Gasteiger partial charge on any atom is 0.329 e. The summed E-state index contributed by atoms with van der Waals surface area (Å²) in [6, 6.07) is -0.277. The van der Waals surface area contributed by atoms with Crippen LogP contribution in [0.5, 0.6) is 0 Å². The van der Waals surface area contributed by atoms with Crippen LogP contribution in [0.1, 0.15) is 39.5 Å². The van der Waals surface area contributed by atoms with Crippen LogP contribution in [-0.2, 0) is 9.53 Å². The predicted molar refractivity (Wildman–Crippen MR) is 75.7 cm³/mol. The van der Waals surface area contributed by atoms with Gasteiger partial charge in [-0.15, -0.1) is 0 Å². The van der Waals surface area contributed by atoms with Gasteiger partial charge in [0.1, 0.15) is 5.54 Å². The van der Waals surface area contributed by atoms with Crippen molar-refractivity contribution >= 4 is 12.0 Å². The van der Waals surface area contributed by atoms with E-state index in [9.17, 15) is 14.7 Å². The van der Waals surface area contributed by atoms with Crippen molar-refractivity contribution in [1.29, 1.82) is 0 Å². The van der Waals surface area contributed by atoms with Crippen molar-refractivity contribution < 1.29 is 19.4 Å². The second-order valence-corrected chi connectivity index (χ2v) is 5.59. The van der Waals surface area contributed by atoms with Crippen molar-refractivity contribution in [3.05, 3.63) is 0 Å². The number of carbonyl (C=O) groups is 2. The molecule has 1 aliphatic rings. The van der Waals surface area contributed by atoms with Gasteiger partial charge >= 0.3 is 12.0 Å². The molecular weight excluding hydrogens is 260 g/mol. The van der Waals surface area contributed by atoms with Crippen molar-refractivity contribution in [1.82, 2.24) is 10.2 Å². The fraction of sp³-hybridized carbons (Fsp3) is 0.857. The number of nitrogens with one attached hydrogen (secondary N) is 1. The highest BCUT2D eigenvalue weighted by Gasteiger charge is 2.49. The summed E-state index contributed by atoms with van der Waals surface area (Å²) in [6.07, 6.45) is 2.53. The maximum atomic E-state index is 12.3. The molecule has 2 atom stereocenters. The summed E-state index contributed by atoms with van der Waals surface area (Å²) in [5.41, 5.74) is -1.02. The van der Waals surface area contributed by atoms with Crippen molar-refractivity contribution in [2.45, 2.75) is 45.1 Å². The van der Waals surface area contributed by atoms with Crippen LogP contribution < -0.4 is 5.32 Å². The third kappa shape index (κ3) is 3.62. The molecule has 0 radical (unpaired) electrons. The molecule has 0 spiro atoms. The van der Waals surface area contributed by atoms with E-state index in [1.807, 2.05) is 13.8 Å². The molecule has 0 aliphatic carbocycles. The number of urea groups is 1. The Balaban J connectivity index is 2.67. The summed E-state index contributed by atoms with van der Waals surface area (Å²) in [4.78, 5) is 25.4. The molecule has 1 aliphatic heterocycles. The largest absolute Gasteiger partial charge is 0.479 e. The van der Waals surface area contributed by atoms with Crippen molar-refractivity contribution in [3.8, 4) is 0 Å². The van der Waals surface area contributed by atoms with Gasteiger partial charge in [-0.25, -0.2) is 9.59 Å². The number of carbonyl (C=O) groups excluding carboxylic acids is 1. The molecule has 0 bridgehead atoms. The van der Waals surface area contributed by atoms with Crippen LogP contribution >= 0.6 is 0 Å². The van der Waals surface area contributed by atoms with Crippen LogP contribution in [0.2, 0.25) is 0 Å². The van der Waals surface area contributed by atoms with E-state index in [0.29, 0.717) is 32.5 Å². The van der Waals surface area contributed by atoms with Crippen molar-refractivity contribution in [3.63, 3.8) is 0 Å². The SMILES string of the molecule is CCCC1(C(=O)O)CCCN1C(=O)NCC(C)COC. The zero-order valence-corrected chi connectivity index (χ0v) is 12.6. The molecule has 116 valence electrons. The van der Waals surface area contributed by atoms with Crippen LogP contribution in [0.15, 0.2) is 0 Å². The number of nitrogens with zero attached hydrogens (tertiary/aromatic N) is 1. The van der Waals surface area contributed by atoms with Gasteiger partial charge < -0.3 is 20.1 Å². The molecule has 0 aromatic heterocycles. The average molecular weight is 286 g/mol. The molecule has 6 heteroatoms. The molecule has 0 aromatic rings. The predicted octanol–water partition coefficient (Wildman–Crippen LogP) is 1.70. The minimum Gasteiger partial charge on any atom is -0.479 e. The van der Waals surface area contributed by atoms with Crippen LogP contribution in [0, 0.1) is 5.92 Å². The first-order chi connectivity index (χ1) is 9.47. The number of hydrogen-bond acceptors (Lipinski definition) is 3. The number of aliphatic carboxylic acids is 1. The van der Waals surface area contributed by atoms with E-state index < -0.39 is 11.5 Å². The van der Waals surface area contributed by atoms with E-state index in [1.54, 1.807) is 7.11 Å². The van der Waals surface area contributed by atoms with E-state index in [2.05, 4.69) is 5.32 Å². The first-order valence-electron chi connectivity index (χ1n) is 7.25. The minimum atomic E-state index is -1.02. The fourth-order valence-electron chi connectivity index (χ4n) is 2.88. The number of ether oxygens (including phenoxy) is 1. The van der Waals surface area contributed by atoms with Crippen molar-refractivity contribution in [2.24, 2.45) is 5.92 Å². The number of carboxylic acid groups (broad SMARTS) is 1. The number of methoxy groups -OCH3 is 1. The first-order valence-corrected chi connectivity index (χ1v) is 7.25. The van der Waals surface area contributed by atoms with Crippen LogP contribution in [0.3, 0.4) is 0 Å². The Bertz CT molecular complexity index is 348. The van der Waals surface area contributed by atoms with E-state index >= 15 is 0 Å². The molecule has 1 heterocycles. The number of rotatable bonds is 7. The van der Waals surface area contributed by atoms with Gasteiger partial charge in [0.05, 0.1) is 6.61 Å². The topological polar surface area (TPSA) is 78.9 Å². The number of likely N-dealkylation sites (tertiary alicyclic amines) is 1. The monoisotopic (exact) mass is 286 g/mol. The highest BCUT2D eigenvalue weighted by atomic mass is 16.5. The van der Waals surface area contributed by atoms with Gasteiger partial charge in [-0.1, -0.05) is 20.3 Å². The van der Waals surface area contributed by atoms with Gasteiger partial charge in [-0.3, -0.25) is 0 Å². The summed E-state index contributed by atoms with van der Waals surface area (Å²) in [6.45, 7) is 5.49. The quantitative estimate of drug-likeness (QED) is 0.746. The Morgan fingerprint density at radius 3 is 2.75 bits per heavy atom. The van der Waals surface area contributed by atoms with Gasteiger partial charge in [0.15, 0.2) is 0 Å². The second kappa shape index (κ2) is 7.47. The van der Waals surface area contributed by atoms with Crippen LogP contribution in [0.4, 0.5) is 4.79 Å². The molecule has 2 unspecified atom stereocenters. The van der Waals surface area contributed by atoms with E-state index in [-0.39, 0.29) is 11.9 Å². The number of amides is 2. The lowest BCUT2D eigenvalue weighted by Gasteiger charge is -2.34. The Morgan fingerprint density at radius 2 is 2.20 bits per heavy atom. The Labute approximate surface area is 120 Å². The molecule has 1 fully saturated rings. The molecule has 0 saturated carbocycles. The maximum absolute atomic E-state index is 12.3. The molecule has 1 rings (SSSR count). The van der Waals surface area contributed by atoms with Gasteiger partial charge in [-0.2, -0.15) is 0 Å². The Kier molecular flexibility index (Phi) is 6.26. The van der Waals surface area contributed by atoms with E-state index in [0.717, 1.165) is 12.8 Å². The molecule has 6 nitrogen and oxygen atoms in total. The first kappa shape index (κ1) is 16.8. The average Bonchev–Trinajstić information content (AvgIpc) is 2.82. The molecular formula is C14H26N2O4. The fourth-order valence-corrected chi connectivity index (χ4v) is 2.88. The summed E-state index contributed by atoms with van der Waals surface area (Å²) >= 11 is 0. The third-order valence-electron chi connectivity index (χ3n) is 3.85. The minimum absolute atomic E-state index is 0.206. The Hall–Kier alpha value is -1.30. The molecule has 2 amide bonds. The number of carboxylic acids is 1. The van der Waals surface area contributed by atoms with Gasteiger partial charge in [0.2, 0.25) is 0 Å². The standard InChI is InChI=1S/C14H26N2O4/c1-4-6-14(12(17)18)7-5-8-16(14)13(19)15-9-11(2)10-20-3/h11H,4-10H2,1-3H3,(H,15,19)(H,17,18). The smallest absolute Gasteiger partial charge is 0.329 e. The second-order valence-electron chi connectivity index (χ2n) is 5.59. The highest BCUT2D eigenvalue weighted by molar-refractivity contribution is 5.87.